The van der Waals surface area contributed by atoms with Crippen LogP contribution in [0.15, 0.2) is 42.5 Å². The molecule has 4 rings (SSSR count). The van der Waals surface area contributed by atoms with Crippen molar-refractivity contribution in [1.82, 2.24) is 9.88 Å². The number of fused-ring (bicyclic) bond motifs is 1. The second kappa shape index (κ2) is 10.4. The van der Waals surface area contributed by atoms with E-state index in [1.807, 2.05) is 25.1 Å². The molecule has 186 valence electrons. The number of piperazine rings is 1. The van der Waals surface area contributed by atoms with E-state index < -0.39 is 17.8 Å². The molecule has 1 amide bonds. The molecule has 9 heteroatoms. The Balaban J connectivity index is 1.50. The molecule has 2 N–H and O–H groups in total. The van der Waals surface area contributed by atoms with Crippen molar-refractivity contribution >= 4 is 34.2 Å². The highest BCUT2D eigenvalue weighted by molar-refractivity contribution is 6.11. The molecule has 35 heavy (non-hydrogen) atoms. The Hall–Kier alpha value is -3.59. The fraction of sp³-hybridized carbons (Fsp3) is 0.385. The summed E-state index contributed by atoms with van der Waals surface area (Å²) in [6.45, 7) is 7.95. The number of ether oxygens (including phenoxy) is 2. The van der Waals surface area contributed by atoms with Crippen molar-refractivity contribution < 1.29 is 23.5 Å². The first kappa shape index (κ1) is 24.5. The molecule has 2 atom stereocenters. The second-order valence-corrected chi connectivity index (χ2v) is 8.69. The minimum atomic E-state index is -0.604. The van der Waals surface area contributed by atoms with Crippen molar-refractivity contribution in [2.24, 2.45) is 0 Å². The predicted molar refractivity (Wildman–Crippen MR) is 134 cm³/mol. The average molecular weight is 483 g/mol. The van der Waals surface area contributed by atoms with Gasteiger partial charge in [-0.1, -0.05) is 6.07 Å². The Bertz CT molecular complexity index is 1230. The predicted octanol–water partition coefficient (Wildman–Crippen LogP) is 4.03. The SMILES string of the molecule is CCOC(=O)c1[nH]c2ccc(F)cc2c1NC(=O)[C@@H](C)N1CCN(c2cccc(OC)c2)[C@H](C)C1. The number of esters is 1. The lowest BCUT2D eigenvalue weighted by Crippen LogP contribution is -2.56. The number of rotatable bonds is 7. The van der Waals surface area contributed by atoms with Crippen molar-refractivity contribution in [2.45, 2.75) is 32.9 Å². The minimum Gasteiger partial charge on any atom is -0.497 e. The van der Waals surface area contributed by atoms with Gasteiger partial charge in [-0.25, -0.2) is 9.18 Å². The average Bonchev–Trinajstić information content (AvgIpc) is 3.21. The third kappa shape index (κ3) is 5.09. The van der Waals surface area contributed by atoms with Gasteiger partial charge < -0.3 is 24.7 Å². The van der Waals surface area contributed by atoms with Crippen LogP contribution in [0.3, 0.4) is 0 Å². The van der Waals surface area contributed by atoms with E-state index in [-0.39, 0.29) is 29.9 Å². The van der Waals surface area contributed by atoms with Crippen LogP contribution in [-0.4, -0.2) is 67.2 Å². The number of nitrogens with zero attached hydrogens (tertiary/aromatic N) is 2. The fourth-order valence-corrected chi connectivity index (χ4v) is 4.55. The Kier molecular flexibility index (Phi) is 7.25. The van der Waals surface area contributed by atoms with Crippen molar-refractivity contribution in [3.05, 3.63) is 54.0 Å². The Morgan fingerprint density at radius 2 is 2.03 bits per heavy atom. The van der Waals surface area contributed by atoms with Crippen molar-refractivity contribution in [1.29, 1.82) is 0 Å². The highest BCUT2D eigenvalue weighted by Crippen LogP contribution is 2.30. The Morgan fingerprint density at radius 3 is 2.74 bits per heavy atom. The maximum atomic E-state index is 14.0. The van der Waals surface area contributed by atoms with Gasteiger partial charge in [0.15, 0.2) is 0 Å². The first-order valence-corrected chi connectivity index (χ1v) is 11.8. The monoisotopic (exact) mass is 482 g/mol. The van der Waals surface area contributed by atoms with Crippen molar-refractivity contribution in [3.8, 4) is 5.75 Å². The van der Waals surface area contributed by atoms with Gasteiger partial charge in [-0.05, 0) is 51.1 Å². The van der Waals surface area contributed by atoms with Gasteiger partial charge in [0.25, 0.3) is 0 Å². The van der Waals surface area contributed by atoms with Gasteiger partial charge >= 0.3 is 5.97 Å². The van der Waals surface area contributed by atoms with Crippen LogP contribution < -0.4 is 15.0 Å². The summed E-state index contributed by atoms with van der Waals surface area (Å²) in [7, 11) is 1.65. The smallest absolute Gasteiger partial charge is 0.356 e. The van der Waals surface area contributed by atoms with E-state index in [2.05, 4.69) is 33.1 Å². The first-order valence-electron chi connectivity index (χ1n) is 11.8. The second-order valence-electron chi connectivity index (χ2n) is 8.69. The molecule has 1 saturated heterocycles. The summed E-state index contributed by atoms with van der Waals surface area (Å²) in [4.78, 5) is 33.1. The van der Waals surface area contributed by atoms with Gasteiger partial charge in [-0.2, -0.15) is 0 Å². The normalized spacial score (nSPS) is 17.3. The molecule has 0 bridgehead atoms. The lowest BCUT2D eigenvalue weighted by Gasteiger charge is -2.43. The number of halogens is 1. The van der Waals surface area contributed by atoms with E-state index >= 15 is 0 Å². The summed E-state index contributed by atoms with van der Waals surface area (Å²) in [5, 5.41) is 3.28. The highest BCUT2D eigenvalue weighted by atomic mass is 19.1. The van der Waals surface area contributed by atoms with E-state index in [1.54, 1.807) is 14.0 Å². The number of hydrogen-bond acceptors (Lipinski definition) is 6. The zero-order valence-corrected chi connectivity index (χ0v) is 20.4. The molecule has 0 saturated carbocycles. The Morgan fingerprint density at radius 1 is 1.23 bits per heavy atom. The van der Waals surface area contributed by atoms with E-state index in [4.69, 9.17) is 9.47 Å². The lowest BCUT2D eigenvalue weighted by molar-refractivity contribution is -0.121. The maximum absolute atomic E-state index is 14.0. The molecule has 0 radical (unpaired) electrons. The summed E-state index contributed by atoms with van der Waals surface area (Å²) in [6, 6.07) is 11.8. The molecule has 1 fully saturated rings. The molecule has 2 aromatic carbocycles. The summed E-state index contributed by atoms with van der Waals surface area (Å²) < 4.78 is 24.4. The first-order chi connectivity index (χ1) is 16.8. The molecular formula is C26H31FN4O4. The Labute approximate surface area is 204 Å². The van der Waals surface area contributed by atoms with E-state index in [0.29, 0.717) is 24.0 Å². The van der Waals surface area contributed by atoms with Crippen LogP contribution in [0.25, 0.3) is 10.9 Å². The standard InChI is InChI=1S/C26H31FN4O4/c1-5-35-26(33)24-23(21-13-18(27)9-10-22(21)28-24)29-25(32)17(3)30-11-12-31(16(2)15-30)19-7-6-8-20(14-19)34-4/h6-10,13-14,16-17,28H,5,11-12,15H2,1-4H3,(H,29,32)/t16-,17-/m1/s1. The zero-order valence-electron chi connectivity index (χ0n) is 20.4. The lowest BCUT2D eigenvalue weighted by atomic mass is 10.1. The van der Waals surface area contributed by atoms with Gasteiger partial charge in [-0.3, -0.25) is 9.69 Å². The minimum absolute atomic E-state index is 0.101. The van der Waals surface area contributed by atoms with Gasteiger partial charge in [0.1, 0.15) is 17.3 Å². The van der Waals surface area contributed by atoms with Gasteiger partial charge in [0.2, 0.25) is 5.91 Å². The van der Waals surface area contributed by atoms with E-state index in [9.17, 15) is 14.0 Å². The van der Waals surface area contributed by atoms with Gasteiger partial charge in [0, 0.05) is 48.3 Å². The third-order valence-electron chi connectivity index (χ3n) is 6.46. The third-order valence-corrected chi connectivity index (χ3v) is 6.46. The number of anilines is 2. The van der Waals surface area contributed by atoms with E-state index in [1.165, 1.54) is 18.2 Å². The number of H-pyrrole nitrogens is 1. The number of methoxy groups -OCH3 is 1. The topological polar surface area (TPSA) is 86.9 Å². The number of carbonyl (C=O) groups excluding carboxylic acids is 2. The van der Waals surface area contributed by atoms with Gasteiger partial charge in [0.05, 0.1) is 25.4 Å². The number of aromatic nitrogens is 1. The quantitative estimate of drug-likeness (QED) is 0.495. The molecule has 1 aliphatic rings. The number of carbonyl (C=O) groups is 2. The number of aromatic amines is 1. The molecule has 0 spiro atoms. The number of nitrogens with one attached hydrogen (secondary N) is 2. The highest BCUT2D eigenvalue weighted by Gasteiger charge is 2.31. The summed E-state index contributed by atoms with van der Waals surface area (Å²) in [5.74, 6) is -0.536. The zero-order chi connectivity index (χ0) is 25.1. The fourth-order valence-electron chi connectivity index (χ4n) is 4.55. The van der Waals surface area contributed by atoms with Crippen molar-refractivity contribution in [3.63, 3.8) is 0 Å². The van der Waals surface area contributed by atoms with Gasteiger partial charge in [-0.15, -0.1) is 0 Å². The molecule has 0 aliphatic carbocycles. The number of hydrogen-bond donors (Lipinski definition) is 2. The molecule has 2 heterocycles. The molecular weight excluding hydrogens is 451 g/mol. The van der Waals surface area contributed by atoms with Crippen LogP contribution in [-0.2, 0) is 9.53 Å². The summed E-state index contributed by atoms with van der Waals surface area (Å²) in [5.41, 5.74) is 1.95. The van der Waals surface area contributed by atoms with E-state index in [0.717, 1.165) is 18.0 Å². The largest absolute Gasteiger partial charge is 0.497 e. The van der Waals surface area contributed by atoms with Crippen LogP contribution in [0.4, 0.5) is 15.8 Å². The van der Waals surface area contributed by atoms with Crippen molar-refractivity contribution in [2.75, 3.05) is 43.6 Å². The summed E-state index contributed by atoms with van der Waals surface area (Å²) in [6.07, 6.45) is 0. The van der Waals surface area contributed by atoms with Crippen LogP contribution in [0.5, 0.6) is 5.75 Å². The summed E-state index contributed by atoms with van der Waals surface area (Å²) >= 11 is 0. The molecule has 0 unspecified atom stereocenters. The molecule has 3 aromatic rings. The molecule has 1 aliphatic heterocycles. The van der Waals surface area contributed by atoms with Crippen LogP contribution in [0, 0.1) is 5.82 Å². The van der Waals surface area contributed by atoms with Crippen LogP contribution >= 0.6 is 0 Å². The van der Waals surface area contributed by atoms with Crippen LogP contribution in [0.2, 0.25) is 0 Å². The number of benzene rings is 2. The maximum Gasteiger partial charge on any atom is 0.356 e. The molecule has 8 nitrogen and oxygen atoms in total. The van der Waals surface area contributed by atoms with Crippen LogP contribution in [0.1, 0.15) is 31.3 Å². The molecule has 1 aromatic heterocycles. The number of amides is 1.